The third-order valence-electron chi connectivity index (χ3n) is 4.70. The fourth-order valence-corrected chi connectivity index (χ4v) is 3.01. The quantitative estimate of drug-likeness (QED) is 0.624. The van der Waals surface area contributed by atoms with E-state index in [1.165, 1.54) is 6.07 Å². The zero-order chi connectivity index (χ0) is 17.5. The molecule has 0 aromatic heterocycles. The van der Waals surface area contributed by atoms with Crippen LogP contribution in [-0.2, 0) is 6.42 Å². The van der Waals surface area contributed by atoms with Crippen LogP contribution in [0.4, 0.5) is 4.39 Å². The highest BCUT2D eigenvalue weighted by Gasteiger charge is 2.21. The van der Waals surface area contributed by atoms with Gasteiger partial charge in [0, 0.05) is 45.8 Å². The molecule has 5 nitrogen and oxygen atoms in total. The van der Waals surface area contributed by atoms with Gasteiger partial charge in [-0.2, -0.15) is 0 Å². The van der Waals surface area contributed by atoms with Crippen LogP contribution < -0.4 is 10.6 Å². The first-order valence-corrected chi connectivity index (χ1v) is 8.58. The van der Waals surface area contributed by atoms with E-state index in [1.807, 2.05) is 13.0 Å². The second-order valence-corrected chi connectivity index (χ2v) is 6.60. The van der Waals surface area contributed by atoms with Crippen LogP contribution in [0, 0.1) is 12.7 Å². The number of piperazine rings is 1. The summed E-state index contributed by atoms with van der Waals surface area (Å²) >= 11 is 0. The molecule has 0 radical (unpaired) electrons. The molecule has 0 saturated carbocycles. The van der Waals surface area contributed by atoms with Gasteiger partial charge in [-0.25, -0.2) is 4.39 Å². The number of likely N-dealkylation sites (N-methyl/N-ethyl adjacent to an activating group) is 2. The molecule has 1 fully saturated rings. The van der Waals surface area contributed by atoms with E-state index < -0.39 is 0 Å². The maximum absolute atomic E-state index is 13.1. The Kier molecular flexibility index (Phi) is 6.99. The highest BCUT2D eigenvalue weighted by Crippen LogP contribution is 2.10. The van der Waals surface area contributed by atoms with Gasteiger partial charge in [0.2, 0.25) is 0 Å². The number of rotatable bonds is 5. The van der Waals surface area contributed by atoms with Gasteiger partial charge in [0.1, 0.15) is 5.82 Å². The Morgan fingerprint density at radius 3 is 2.79 bits per heavy atom. The van der Waals surface area contributed by atoms with E-state index in [2.05, 4.69) is 39.5 Å². The molecule has 0 amide bonds. The van der Waals surface area contributed by atoms with E-state index in [0.717, 1.165) is 56.2 Å². The van der Waals surface area contributed by atoms with Gasteiger partial charge in [0.25, 0.3) is 0 Å². The molecule has 2 N–H and O–H groups in total. The van der Waals surface area contributed by atoms with Crippen molar-refractivity contribution < 1.29 is 4.39 Å². The molecule has 2 rings (SSSR count). The average molecular weight is 335 g/mol. The SMILES string of the molecule is CN=C(NCCc1ccc(F)cc1C)NCC1CN(C)CCN1C. The normalized spacial score (nSPS) is 20.2. The third-order valence-corrected chi connectivity index (χ3v) is 4.70. The Balaban J connectivity index is 1.76. The third kappa shape index (κ3) is 5.46. The molecule has 134 valence electrons. The summed E-state index contributed by atoms with van der Waals surface area (Å²) in [5.41, 5.74) is 2.15. The molecule has 1 saturated heterocycles. The number of aliphatic imine (C=N–C) groups is 1. The van der Waals surface area contributed by atoms with Crippen LogP contribution in [0.1, 0.15) is 11.1 Å². The van der Waals surface area contributed by atoms with E-state index in [1.54, 1.807) is 13.1 Å². The van der Waals surface area contributed by atoms with Gasteiger partial charge < -0.3 is 15.5 Å². The van der Waals surface area contributed by atoms with Crippen LogP contribution in [0.3, 0.4) is 0 Å². The highest BCUT2D eigenvalue weighted by atomic mass is 19.1. The van der Waals surface area contributed by atoms with Crippen molar-refractivity contribution in [3.8, 4) is 0 Å². The topological polar surface area (TPSA) is 42.9 Å². The largest absolute Gasteiger partial charge is 0.356 e. The van der Waals surface area contributed by atoms with Gasteiger partial charge in [-0.05, 0) is 50.7 Å². The first kappa shape index (κ1) is 18.7. The van der Waals surface area contributed by atoms with E-state index in [9.17, 15) is 4.39 Å². The lowest BCUT2D eigenvalue weighted by molar-refractivity contribution is 0.116. The number of benzene rings is 1. The molecule has 1 aromatic rings. The second kappa shape index (κ2) is 8.99. The summed E-state index contributed by atoms with van der Waals surface area (Å²) in [4.78, 5) is 9.04. The first-order valence-electron chi connectivity index (χ1n) is 8.58. The number of halogens is 1. The molecule has 1 aromatic carbocycles. The molecule has 1 unspecified atom stereocenters. The van der Waals surface area contributed by atoms with Gasteiger partial charge >= 0.3 is 0 Å². The Morgan fingerprint density at radius 1 is 1.29 bits per heavy atom. The zero-order valence-corrected chi connectivity index (χ0v) is 15.3. The molecule has 1 atom stereocenters. The van der Waals surface area contributed by atoms with Crippen LogP contribution in [-0.4, -0.2) is 75.7 Å². The number of hydrogen-bond acceptors (Lipinski definition) is 3. The lowest BCUT2D eigenvalue weighted by atomic mass is 10.1. The fourth-order valence-electron chi connectivity index (χ4n) is 3.01. The lowest BCUT2D eigenvalue weighted by Crippen LogP contribution is -2.55. The summed E-state index contributed by atoms with van der Waals surface area (Å²) in [6, 6.07) is 5.44. The number of aryl methyl sites for hydroxylation is 1. The van der Waals surface area contributed by atoms with Crippen molar-refractivity contribution in [1.29, 1.82) is 0 Å². The Morgan fingerprint density at radius 2 is 2.08 bits per heavy atom. The predicted molar refractivity (Wildman–Crippen MR) is 98.1 cm³/mol. The summed E-state index contributed by atoms with van der Waals surface area (Å²) in [7, 11) is 6.13. The molecule has 0 aliphatic carbocycles. The van der Waals surface area contributed by atoms with E-state index in [0.29, 0.717) is 6.04 Å². The molecule has 0 spiro atoms. The van der Waals surface area contributed by atoms with Crippen molar-refractivity contribution in [1.82, 2.24) is 20.4 Å². The predicted octanol–water partition coefficient (Wildman–Crippen LogP) is 1.09. The minimum absolute atomic E-state index is 0.178. The molecular formula is C18H30FN5. The number of nitrogens with one attached hydrogen (secondary N) is 2. The first-order chi connectivity index (χ1) is 11.5. The molecule has 6 heteroatoms. The monoisotopic (exact) mass is 335 g/mol. The Hall–Kier alpha value is -1.66. The van der Waals surface area contributed by atoms with Crippen molar-refractivity contribution in [2.24, 2.45) is 4.99 Å². The van der Waals surface area contributed by atoms with Crippen LogP contribution in [0.2, 0.25) is 0 Å². The lowest BCUT2D eigenvalue weighted by Gasteiger charge is -2.37. The molecule has 1 aliphatic rings. The van der Waals surface area contributed by atoms with Gasteiger partial charge in [0.15, 0.2) is 5.96 Å². The van der Waals surface area contributed by atoms with Crippen LogP contribution in [0.25, 0.3) is 0 Å². The molecule has 24 heavy (non-hydrogen) atoms. The van der Waals surface area contributed by atoms with Crippen molar-refractivity contribution in [2.45, 2.75) is 19.4 Å². The molecular weight excluding hydrogens is 305 g/mol. The summed E-state index contributed by atoms with van der Waals surface area (Å²) in [5, 5.41) is 6.75. The summed E-state index contributed by atoms with van der Waals surface area (Å²) < 4.78 is 13.1. The summed E-state index contributed by atoms with van der Waals surface area (Å²) in [5.74, 6) is 0.639. The summed E-state index contributed by atoms with van der Waals surface area (Å²) in [6.45, 7) is 6.87. The van der Waals surface area contributed by atoms with Gasteiger partial charge in [-0.15, -0.1) is 0 Å². The standard InChI is InChI=1S/C18H30FN5/c1-14-11-16(19)6-5-15(14)7-8-21-18(20-2)22-12-17-13-23(3)9-10-24(17)4/h5-6,11,17H,7-10,12-13H2,1-4H3,(H2,20,21,22). The second-order valence-electron chi connectivity index (χ2n) is 6.60. The van der Waals surface area contributed by atoms with Crippen molar-refractivity contribution in [3.63, 3.8) is 0 Å². The minimum atomic E-state index is -0.178. The van der Waals surface area contributed by atoms with Gasteiger partial charge in [-0.1, -0.05) is 6.07 Å². The summed E-state index contributed by atoms with van der Waals surface area (Å²) in [6.07, 6.45) is 0.846. The molecule has 1 heterocycles. The molecule has 0 bridgehead atoms. The smallest absolute Gasteiger partial charge is 0.191 e. The highest BCUT2D eigenvalue weighted by molar-refractivity contribution is 5.79. The van der Waals surface area contributed by atoms with E-state index in [4.69, 9.17) is 0 Å². The van der Waals surface area contributed by atoms with Crippen molar-refractivity contribution >= 4 is 5.96 Å². The van der Waals surface area contributed by atoms with E-state index >= 15 is 0 Å². The van der Waals surface area contributed by atoms with Crippen molar-refractivity contribution in [2.75, 3.05) is 53.9 Å². The average Bonchev–Trinajstić information content (AvgIpc) is 2.55. The van der Waals surface area contributed by atoms with E-state index in [-0.39, 0.29) is 5.82 Å². The number of nitrogens with zero attached hydrogens (tertiary/aromatic N) is 3. The van der Waals surface area contributed by atoms with Gasteiger partial charge in [-0.3, -0.25) is 9.89 Å². The van der Waals surface area contributed by atoms with Crippen LogP contribution in [0.5, 0.6) is 0 Å². The number of guanidine groups is 1. The maximum atomic E-state index is 13.1. The number of hydrogen-bond donors (Lipinski definition) is 2. The Labute approximate surface area is 144 Å². The fraction of sp³-hybridized carbons (Fsp3) is 0.611. The Bertz CT molecular complexity index is 560. The van der Waals surface area contributed by atoms with Crippen LogP contribution in [0.15, 0.2) is 23.2 Å². The van der Waals surface area contributed by atoms with Crippen LogP contribution >= 0.6 is 0 Å². The molecule has 1 aliphatic heterocycles. The van der Waals surface area contributed by atoms with Crippen molar-refractivity contribution in [3.05, 3.63) is 35.1 Å². The minimum Gasteiger partial charge on any atom is -0.356 e. The van der Waals surface area contributed by atoms with Gasteiger partial charge in [0.05, 0.1) is 0 Å². The zero-order valence-electron chi connectivity index (χ0n) is 15.3. The maximum Gasteiger partial charge on any atom is 0.191 e.